The van der Waals surface area contributed by atoms with Gasteiger partial charge in [-0.1, -0.05) is 17.7 Å². The highest BCUT2D eigenvalue weighted by molar-refractivity contribution is 6.31. The highest BCUT2D eigenvalue weighted by Crippen LogP contribution is 2.18. The molecule has 0 aliphatic rings. The van der Waals surface area contributed by atoms with Crippen LogP contribution in [0.25, 0.3) is 11.7 Å². The topological polar surface area (TPSA) is 75.5 Å². The molecule has 1 atom stereocenters. The first-order valence-electron chi connectivity index (χ1n) is 6.91. The van der Waals surface area contributed by atoms with E-state index >= 15 is 0 Å². The Morgan fingerprint density at radius 3 is 2.95 bits per heavy atom. The van der Waals surface area contributed by atoms with Crippen molar-refractivity contribution in [2.45, 2.75) is 19.9 Å². The van der Waals surface area contributed by atoms with E-state index in [1.807, 2.05) is 31.3 Å². The Labute approximate surface area is 133 Å². The number of pyridine rings is 1. The summed E-state index contributed by atoms with van der Waals surface area (Å²) in [6.07, 6.45) is 4.71. The van der Waals surface area contributed by atoms with Crippen LogP contribution in [0.15, 0.2) is 30.5 Å². The normalized spacial score (nSPS) is 12.5. The van der Waals surface area contributed by atoms with Crippen molar-refractivity contribution in [3.8, 4) is 0 Å². The van der Waals surface area contributed by atoms with Crippen molar-refractivity contribution in [3.63, 3.8) is 0 Å². The summed E-state index contributed by atoms with van der Waals surface area (Å²) in [5.74, 6) is -0.599. The van der Waals surface area contributed by atoms with Gasteiger partial charge in [-0.05, 0) is 32.1 Å². The second kappa shape index (κ2) is 7.09. The quantitative estimate of drug-likeness (QED) is 0.822. The average Bonchev–Trinajstić information content (AvgIpc) is 2.80. The summed E-state index contributed by atoms with van der Waals surface area (Å²) in [7, 11) is 0. The Morgan fingerprint density at radius 2 is 2.23 bits per heavy atom. The van der Waals surface area contributed by atoms with Gasteiger partial charge in [0.2, 0.25) is 11.8 Å². The first-order valence-corrected chi connectivity index (χ1v) is 7.29. The second-order valence-corrected chi connectivity index (χ2v) is 5.03. The van der Waals surface area contributed by atoms with E-state index in [0.717, 1.165) is 0 Å². The van der Waals surface area contributed by atoms with Crippen LogP contribution < -0.4 is 10.6 Å². The molecule has 0 aliphatic carbocycles. The Morgan fingerprint density at radius 1 is 1.45 bits per heavy atom. The monoisotopic (exact) mass is 320 g/mol. The Bertz CT molecular complexity index is 723. The van der Waals surface area contributed by atoms with Gasteiger partial charge in [0.15, 0.2) is 5.15 Å². The highest BCUT2D eigenvalue weighted by Gasteiger charge is 2.13. The lowest BCUT2D eigenvalue weighted by Crippen LogP contribution is -2.44. The van der Waals surface area contributed by atoms with E-state index in [4.69, 9.17) is 11.6 Å². The molecule has 2 N–H and O–H groups in total. The van der Waals surface area contributed by atoms with Crippen LogP contribution in [0.4, 0.5) is 0 Å². The van der Waals surface area contributed by atoms with Gasteiger partial charge in [0.1, 0.15) is 11.7 Å². The molecule has 6 nitrogen and oxygen atoms in total. The molecule has 0 aromatic carbocycles. The van der Waals surface area contributed by atoms with E-state index in [1.54, 1.807) is 17.4 Å². The molecule has 0 saturated heterocycles. The van der Waals surface area contributed by atoms with Gasteiger partial charge in [-0.15, -0.1) is 0 Å². The van der Waals surface area contributed by atoms with Crippen molar-refractivity contribution in [1.82, 2.24) is 20.0 Å². The number of rotatable bonds is 5. The van der Waals surface area contributed by atoms with Crippen LogP contribution in [0.2, 0.25) is 5.15 Å². The van der Waals surface area contributed by atoms with Crippen molar-refractivity contribution in [2.75, 3.05) is 6.54 Å². The predicted molar refractivity (Wildman–Crippen MR) is 85.5 cm³/mol. The minimum absolute atomic E-state index is 0.225. The molecule has 0 bridgehead atoms. The number of amides is 2. The van der Waals surface area contributed by atoms with E-state index in [9.17, 15) is 9.59 Å². The molecule has 0 spiro atoms. The van der Waals surface area contributed by atoms with Crippen LogP contribution in [-0.2, 0) is 9.59 Å². The number of imidazole rings is 1. The Balaban J connectivity index is 2.09. The van der Waals surface area contributed by atoms with Crippen molar-refractivity contribution in [1.29, 1.82) is 0 Å². The lowest BCUT2D eigenvalue weighted by Gasteiger charge is -2.11. The van der Waals surface area contributed by atoms with Gasteiger partial charge < -0.3 is 10.6 Å². The molecule has 0 fully saturated rings. The molecular formula is C15H17ClN4O2. The van der Waals surface area contributed by atoms with Crippen molar-refractivity contribution in [2.24, 2.45) is 0 Å². The Kier molecular flexibility index (Phi) is 5.16. The zero-order valence-electron chi connectivity index (χ0n) is 12.3. The summed E-state index contributed by atoms with van der Waals surface area (Å²) in [4.78, 5) is 27.6. The zero-order chi connectivity index (χ0) is 16.1. The molecular weight excluding hydrogens is 304 g/mol. The minimum Gasteiger partial charge on any atom is -0.355 e. The molecule has 2 amide bonds. The number of fused-ring (bicyclic) bond motifs is 1. The summed E-state index contributed by atoms with van der Waals surface area (Å²) in [6.45, 7) is 3.96. The molecule has 0 unspecified atom stereocenters. The first kappa shape index (κ1) is 16.0. The van der Waals surface area contributed by atoms with Gasteiger partial charge in [0.25, 0.3) is 0 Å². The summed E-state index contributed by atoms with van der Waals surface area (Å²) in [5.41, 5.74) is 1.31. The number of nitrogens with one attached hydrogen (secondary N) is 2. The van der Waals surface area contributed by atoms with Crippen molar-refractivity contribution < 1.29 is 9.59 Å². The molecule has 116 valence electrons. The molecule has 0 saturated carbocycles. The zero-order valence-corrected chi connectivity index (χ0v) is 13.1. The third-order valence-corrected chi connectivity index (χ3v) is 3.30. The van der Waals surface area contributed by atoms with Gasteiger partial charge >= 0.3 is 0 Å². The molecule has 0 radical (unpaired) electrons. The predicted octanol–water partition coefficient (Wildman–Crippen LogP) is 1.64. The number of hydrogen-bond acceptors (Lipinski definition) is 3. The fourth-order valence-corrected chi connectivity index (χ4v) is 2.18. The largest absolute Gasteiger partial charge is 0.355 e. The third kappa shape index (κ3) is 3.65. The maximum absolute atomic E-state index is 11.9. The number of aromatic nitrogens is 2. The van der Waals surface area contributed by atoms with Crippen LogP contribution in [-0.4, -0.2) is 33.8 Å². The number of halogens is 1. The van der Waals surface area contributed by atoms with Gasteiger partial charge in [-0.3, -0.25) is 14.0 Å². The molecule has 2 aromatic heterocycles. The van der Waals surface area contributed by atoms with Crippen molar-refractivity contribution in [3.05, 3.63) is 41.3 Å². The van der Waals surface area contributed by atoms with Crippen LogP contribution >= 0.6 is 11.6 Å². The van der Waals surface area contributed by atoms with Gasteiger partial charge in [-0.2, -0.15) is 0 Å². The van der Waals surface area contributed by atoms with E-state index in [0.29, 0.717) is 23.0 Å². The van der Waals surface area contributed by atoms with E-state index in [2.05, 4.69) is 15.6 Å². The van der Waals surface area contributed by atoms with E-state index < -0.39 is 6.04 Å². The maximum atomic E-state index is 11.9. The first-order chi connectivity index (χ1) is 10.5. The lowest BCUT2D eigenvalue weighted by atomic mass is 10.3. The van der Waals surface area contributed by atoms with E-state index in [1.165, 1.54) is 6.08 Å². The fraction of sp³-hybridized carbons (Fsp3) is 0.267. The number of carbonyl (C=O) groups is 2. The maximum Gasteiger partial charge on any atom is 0.244 e. The molecule has 2 aromatic rings. The number of nitrogens with zero attached hydrogens (tertiary/aromatic N) is 2. The molecule has 22 heavy (non-hydrogen) atoms. The van der Waals surface area contributed by atoms with Crippen molar-refractivity contribution >= 4 is 35.1 Å². The van der Waals surface area contributed by atoms with Crippen LogP contribution in [0.3, 0.4) is 0 Å². The summed E-state index contributed by atoms with van der Waals surface area (Å²) in [6, 6.07) is 4.92. The lowest BCUT2D eigenvalue weighted by molar-refractivity contribution is -0.126. The summed E-state index contributed by atoms with van der Waals surface area (Å²) >= 11 is 6.07. The number of carbonyl (C=O) groups excluding carboxylic acids is 2. The smallest absolute Gasteiger partial charge is 0.244 e. The highest BCUT2D eigenvalue weighted by atomic mass is 35.5. The summed E-state index contributed by atoms with van der Waals surface area (Å²) in [5, 5.41) is 5.54. The molecule has 2 rings (SSSR count). The van der Waals surface area contributed by atoms with Crippen LogP contribution in [0, 0.1) is 0 Å². The number of likely N-dealkylation sites (N-methyl/N-ethyl adjacent to an activating group) is 1. The standard InChI is InChI=1S/C15H17ClN4O2/c1-3-17-15(22)10(2)18-13(21)8-7-11-14(16)19-12-6-4-5-9-20(11)12/h4-10H,3H2,1-2H3,(H,17,22)(H,18,21)/b8-7+/t10-/m0/s1. The van der Waals surface area contributed by atoms with Gasteiger partial charge in [0, 0.05) is 18.8 Å². The molecule has 0 aliphatic heterocycles. The third-order valence-electron chi connectivity index (χ3n) is 3.02. The molecule has 7 heteroatoms. The second-order valence-electron chi connectivity index (χ2n) is 4.67. The molecule has 2 heterocycles. The SMILES string of the molecule is CCNC(=O)[C@H](C)NC(=O)/C=C/c1c(Cl)nc2ccccn12. The minimum atomic E-state index is -0.602. The fourth-order valence-electron chi connectivity index (χ4n) is 1.94. The van der Waals surface area contributed by atoms with Gasteiger partial charge in [0.05, 0.1) is 5.69 Å². The van der Waals surface area contributed by atoms with E-state index in [-0.39, 0.29) is 11.8 Å². The average molecular weight is 321 g/mol. The van der Waals surface area contributed by atoms with Gasteiger partial charge in [-0.25, -0.2) is 4.98 Å². The number of hydrogen-bond donors (Lipinski definition) is 2. The van der Waals surface area contributed by atoms with Crippen LogP contribution in [0.5, 0.6) is 0 Å². The van der Waals surface area contributed by atoms with Crippen LogP contribution in [0.1, 0.15) is 19.5 Å². The summed E-state index contributed by atoms with van der Waals surface area (Å²) < 4.78 is 1.78. The Hall–Kier alpha value is -2.34.